The number of benzene rings is 1. The third kappa shape index (κ3) is 3.69. The number of halogens is 1. The van der Waals surface area contributed by atoms with Gasteiger partial charge in [0.15, 0.2) is 12.4 Å². The molecule has 0 radical (unpaired) electrons. The molecule has 20 heavy (non-hydrogen) atoms. The standard InChI is InChI=1S/C15H17N3O.HI/c1-17(2)14-6-4-12(5-7-14)15(16-19)13-8-10-18(3)11-9-13;/h4-11H,1-3H3;1H. The van der Waals surface area contributed by atoms with Crippen molar-refractivity contribution in [2.75, 3.05) is 19.0 Å². The van der Waals surface area contributed by atoms with Gasteiger partial charge in [0.25, 0.3) is 0 Å². The first kappa shape index (κ1) is 16.4. The van der Waals surface area contributed by atoms with Crippen LogP contribution in [-0.2, 0) is 7.05 Å². The first-order valence-corrected chi connectivity index (χ1v) is 6.07. The Hall–Kier alpha value is -1.63. The van der Waals surface area contributed by atoms with Gasteiger partial charge < -0.3 is 34.1 Å². The van der Waals surface area contributed by atoms with Gasteiger partial charge in [-0.3, -0.25) is 0 Å². The zero-order chi connectivity index (χ0) is 13.8. The van der Waals surface area contributed by atoms with E-state index in [4.69, 9.17) is 0 Å². The largest absolute Gasteiger partial charge is 1.00 e. The molecule has 106 valence electrons. The number of anilines is 1. The van der Waals surface area contributed by atoms with Gasteiger partial charge in [0.05, 0.1) is 0 Å². The average Bonchev–Trinajstić information content (AvgIpc) is 2.42. The summed E-state index contributed by atoms with van der Waals surface area (Å²) in [6, 6.07) is 11.8. The van der Waals surface area contributed by atoms with Crippen molar-refractivity contribution in [2.45, 2.75) is 0 Å². The molecule has 0 unspecified atom stereocenters. The average molecular weight is 383 g/mol. The summed E-state index contributed by atoms with van der Waals surface area (Å²) in [5.74, 6) is 0. The summed E-state index contributed by atoms with van der Waals surface area (Å²) in [6.07, 6.45) is 3.85. The molecule has 5 heteroatoms. The lowest BCUT2D eigenvalue weighted by Crippen LogP contribution is -3.00. The predicted molar refractivity (Wildman–Crippen MR) is 75.8 cm³/mol. The maximum Gasteiger partial charge on any atom is 0.169 e. The Balaban J connectivity index is 0.00000200. The van der Waals surface area contributed by atoms with Gasteiger partial charge in [-0.15, -0.1) is 0 Å². The Kier molecular flexibility index (Phi) is 5.94. The zero-order valence-electron chi connectivity index (χ0n) is 11.8. The Morgan fingerprint density at radius 1 is 1.00 bits per heavy atom. The van der Waals surface area contributed by atoms with E-state index in [1.807, 2.05) is 79.4 Å². The van der Waals surface area contributed by atoms with Gasteiger partial charge in [-0.2, -0.15) is 0 Å². The Bertz CT molecular complexity index is 577. The summed E-state index contributed by atoms with van der Waals surface area (Å²) in [6.45, 7) is 0. The van der Waals surface area contributed by atoms with Gasteiger partial charge >= 0.3 is 0 Å². The van der Waals surface area contributed by atoms with Crippen LogP contribution in [0.4, 0.5) is 5.69 Å². The lowest BCUT2D eigenvalue weighted by molar-refractivity contribution is -0.671. The first-order valence-electron chi connectivity index (χ1n) is 6.07. The van der Waals surface area contributed by atoms with Gasteiger partial charge in [-0.1, -0.05) is 17.3 Å². The monoisotopic (exact) mass is 383 g/mol. The highest BCUT2D eigenvalue weighted by molar-refractivity contribution is 6.12. The normalized spacial score (nSPS) is 10.8. The number of nitrogens with zero attached hydrogens (tertiary/aromatic N) is 3. The van der Waals surface area contributed by atoms with E-state index >= 15 is 0 Å². The van der Waals surface area contributed by atoms with Crippen LogP contribution in [0.25, 0.3) is 0 Å². The second-order valence-electron chi connectivity index (χ2n) is 4.64. The maximum absolute atomic E-state index is 9.25. The summed E-state index contributed by atoms with van der Waals surface area (Å²) in [4.78, 5) is 2.03. The highest BCUT2D eigenvalue weighted by Crippen LogP contribution is 2.15. The lowest BCUT2D eigenvalue weighted by Gasteiger charge is -2.13. The van der Waals surface area contributed by atoms with Gasteiger partial charge in [0.1, 0.15) is 12.8 Å². The van der Waals surface area contributed by atoms with Crippen molar-refractivity contribution in [1.82, 2.24) is 0 Å². The van der Waals surface area contributed by atoms with E-state index < -0.39 is 0 Å². The van der Waals surface area contributed by atoms with E-state index in [1.165, 1.54) is 0 Å². The molecule has 1 aromatic carbocycles. The molecule has 0 amide bonds. The summed E-state index contributed by atoms with van der Waals surface area (Å²) in [5.41, 5.74) is 3.46. The predicted octanol–water partition coefficient (Wildman–Crippen LogP) is -1.19. The molecular weight excluding hydrogens is 365 g/mol. The van der Waals surface area contributed by atoms with Crippen molar-refractivity contribution in [2.24, 2.45) is 12.2 Å². The maximum atomic E-state index is 9.25. The van der Waals surface area contributed by atoms with Crippen molar-refractivity contribution in [3.63, 3.8) is 0 Å². The Morgan fingerprint density at radius 2 is 1.50 bits per heavy atom. The molecule has 0 bridgehead atoms. The van der Waals surface area contributed by atoms with Crippen molar-refractivity contribution >= 4 is 11.4 Å². The molecule has 0 spiro atoms. The summed E-state index contributed by atoms with van der Waals surface area (Å²) >= 11 is 0. The molecule has 0 fully saturated rings. The third-order valence-electron chi connectivity index (χ3n) is 3.01. The number of rotatable bonds is 3. The summed E-state index contributed by atoms with van der Waals surface area (Å²) in [7, 11) is 5.94. The minimum atomic E-state index is 0. The molecule has 0 saturated carbocycles. The number of oxime groups is 1. The van der Waals surface area contributed by atoms with Crippen molar-refractivity contribution in [3.05, 3.63) is 59.9 Å². The fourth-order valence-corrected chi connectivity index (χ4v) is 1.86. The number of hydrogen-bond donors (Lipinski definition) is 1. The van der Waals surface area contributed by atoms with Crippen LogP contribution in [0.2, 0.25) is 0 Å². The zero-order valence-corrected chi connectivity index (χ0v) is 13.9. The summed E-state index contributed by atoms with van der Waals surface area (Å²) < 4.78 is 1.94. The molecule has 2 aromatic rings. The Morgan fingerprint density at radius 3 is 1.95 bits per heavy atom. The molecular formula is C15H18IN3O. The van der Waals surface area contributed by atoms with Gasteiger partial charge in [-0.05, 0) is 12.1 Å². The molecule has 0 aliphatic rings. The lowest BCUT2D eigenvalue weighted by atomic mass is 10.0. The molecule has 0 aliphatic carbocycles. The van der Waals surface area contributed by atoms with Crippen LogP contribution >= 0.6 is 0 Å². The number of pyridine rings is 1. The molecule has 0 aliphatic heterocycles. The number of aromatic nitrogens is 1. The minimum Gasteiger partial charge on any atom is -1.00 e. The van der Waals surface area contributed by atoms with E-state index in [1.54, 1.807) is 0 Å². The molecule has 0 saturated heterocycles. The first-order chi connectivity index (χ1) is 9.11. The van der Waals surface area contributed by atoms with Crippen molar-refractivity contribution in [1.29, 1.82) is 0 Å². The van der Waals surface area contributed by atoms with E-state index in [0.29, 0.717) is 5.71 Å². The Labute approximate surface area is 136 Å². The quantitative estimate of drug-likeness (QED) is 0.238. The van der Waals surface area contributed by atoms with Crippen LogP contribution < -0.4 is 33.4 Å². The minimum absolute atomic E-state index is 0. The van der Waals surface area contributed by atoms with E-state index in [9.17, 15) is 5.21 Å². The molecule has 1 heterocycles. The van der Waals surface area contributed by atoms with Crippen LogP contribution in [0.1, 0.15) is 11.1 Å². The van der Waals surface area contributed by atoms with E-state index in [2.05, 4.69) is 5.16 Å². The molecule has 1 aromatic heterocycles. The van der Waals surface area contributed by atoms with Crippen LogP contribution in [0, 0.1) is 0 Å². The fraction of sp³-hybridized carbons (Fsp3) is 0.200. The van der Waals surface area contributed by atoms with Crippen molar-refractivity contribution in [3.8, 4) is 0 Å². The van der Waals surface area contributed by atoms with Gasteiger partial charge in [-0.25, -0.2) is 4.57 Å². The smallest absolute Gasteiger partial charge is 0.169 e. The van der Waals surface area contributed by atoms with Gasteiger partial charge in [0, 0.05) is 43.0 Å². The highest BCUT2D eigenvalue weighted by atomic mass is 127. The second-order valence-corrected chi connectivity index (χ2v) is 4.64. The fourth-order valence-electron chi connectivity index (χ4n) is 1.86. The van der Waals surface area contributed by atoms with E-state index in [-0.39, 0.29) is 24.0 Å². The van der Waals surface area contributed by atoms with Crippen LogP contribution in [-0.4, -0.2) is 25.0 Å². The summed E-state index contributed by atoms with van der Waals surface area (Å²) in [5, 5.41) is 12.7. The van der Waals surface area contributed by atoms with Crippen LogP contribution in [0.5, 0.6) is 0 Å². The number of aryl methyl sites for hydroxylation is 1. The highest BCUT2D eigenvalue weighted by Gasteiger charge is 2.09. The van der Waals surface area contributed by atoms with Crippen LogP contribution in [0.3, 0.4) is 0 Å². The molecule has 2 rings (SSSR count). The third-order valence-corrected chi connectivity index (χ3v) is 3.01. The topological polar surface area (TPSA) is 39.7 Å². The van der Waals surface area contributed by atoms with Crippen LogP contribution in [0.15, 0.2) is 53.9 Å². The molecule has 1 N–H and O–H groups in total. The van der Waals surface area contributed by atoms with E-state index in [0.717, 1.165) is 16.8 Å². The van der Waals surface area contributed by atoms with Crippen molar-refractivity contribution < 1.29 is 33.8 Å². The SMILES string of the molecule is CN(C)c1ccc(/C(=N\O)c2cc[n+](C)cc2)cc1.[I-]. The molecule has 0 atom stereocenters. The second kappa shape index (κ2) is 7.23. The van der Waals surface area contributed by atoms with Gasteiger partial charge in [0.2, 0.25) is 0 Å². The number of hydrogen-bond acceptors (Lipinski definition) is 3. The molecule has 4 nitrogen and oxygen atoms in total.